The minimum absolute atomic E-state index is 0.125. The molecule has 0 saturated heterocycles. The van der Waals surface area contributed by atoms with E-state index in [1.165, 1.54) is 16.7 Å². The van der Waals surface area contributed by atoms with Crippen LogP contribution in [-0.2, 0) is 10.8 Å². The predicted octanol–water partition coefficient (Wildman–Crippen LogP) is 16.0. The number of hydrogen-bond donors (Lipinski definition) is 1. The maximum atomic E-state index is 12.0. The lowest BCUT2D eigenvalue weighted by Gasteiger charge is -2.26. The standard InChI is InChI=1S/C61H49N3O2/c1-60(2,3)46-34-42(33-43(35-46)52-36-41(31-32-62-52)39-27-29-45(30-28-39)61(4,5)44-19-10-7-11-20-44)48-23-16-25-54-58(48)63-59(64(54)53-24-14-12-21-47(53)40-17-8-6-9-18-40)51-38-57-50(37-55(51)65)49-22-13-15-26-56(49)66-57/h6-38,65H,1-5H3. The van der Waals surface area contributed by atoms with E-state index in [1.54, 1.807) is 0 Å². The van der Waals surface area contributed by atoms with Gasteiger partial charge in [0.25, 0.3) is 0 Å². The third-order valence-corrected chi connectivity index (χ3v) is 13.3. The number of furan rings is 1. The highest BCUT2D eigenvalue weighted by molar-refractivity contribution is 6.07. The van der Waals surface area contributed by atoms with E-state index in [4.69, 9.17) is 14.4 Å². The minimum atomic E-state index is -0.162. The number of fused-ring (bicyclic) bond motifs is 4. The lowest BCUT2D eigenvalue weighted by atomic mass is 9.78. The molecule has 0 radical (unpaired) electrons. The molecule has 0 bridgehead atoms. The van der Waals surface area contributed by atoms with Gasteiger partial charge in [-0.05, 0) is 99.0 Å². The first-order valence-corrected chi connectivity index (χ1v) is 22.6. The molecule has 0 aliphatic heterocycles. The maximum Gasteiger partial charge on any atom is 0.149 e. The first kappa shape index (κ1) is 40.7. The average Bonchev–Trinajstić information content (AvgIpc) is 3.92. The SMILES string of the molecule is CC(C)(C)c1cc(-c2cc(-c3ccc(C(C)(C)c4ccccc4)cc3)ccn2)cc(-c2cccc3c2nc(-c2cc4oc5ccccc5c4cc2O)n3-c2ccccc2-c2ccccc2)c1. The van der Waals surface area contributed by atoms with Crippen LogP contribution in [0.5, 0.6) is 5.75 Å². The van der Waals surface area contributed by atoms with Crippen LogP contribution in [0.3, 0.4) is 0 Å². The number of phenolic OH excluding ortho intramolecular Hbond substituents is 1. The molecule has 11 rings (SSSR count). The number of para-hydroxylation sites is 3. The number of pyridine rings is 1. The number of benzene rings is 8. The summed E-state index contributed by atoms with van der Waals surface area (Å²) in [6.45, 7) is 11.3. The Bertz CT molecular complexity index is 3590. The van der Waals surface area contributed by atoms with Crippen molar-refractivity contribution in [2.24, 2.45) is 0 Å². The van der Waals surface area contributed by atoms with Crippen molar-refractivity contribution in [3.63, 3.8) is 0 Å². The quantitative estimate of drug-likeness (QED) is 0.165. The Morgan fingerprint density at radius 1 is 0.470 bits per heavy atom. The highest BCUT2D eigenvalue weighted by Crippen LogP contribution is 2.44. The molecule has 1 N–H and O–H groups in total. The Kier molecular flexibility index (Phi) is 9.81. The van der Waals surface area contributed by atoms with E-state index in [0.29, 0.717) is 17.0 Å². The average molecular weight is 856 g/mol. The summed E-state index contributed by atoms with van der Waals surface area (Å²) in [5, 5.41) is 13.8. The number of aromatic hydroxyl groups is 1. The molecule has 8 aromatic carbocycles. The van der Waals surface area contributed by atoms with Crippen molar-refractivity contribution < 1.29 is 9.52 Å². The molecule has 3 aromatic heterocycles. The van der Waals surface area contributed by atoms with Crippen LogP contribution in [0, 0.1) is 0 Å². The fourth-order valence-corrected chi connectivity index (χ4v) is 9.46. The van der Waals surface area contributed by atoms with Gasteiger partial charge >= 0.3 is 0 Å². The number of aromatic nitrogens is 3. The molecule has 3 heterocycles. The van der Waals surface area contributed by atoms with Crippen LogP contribution in [-0.4, -0.2) is 19.6 Å². The molecule has 0 unspecified atom stereocenters. The minimum Gasteiger partial charge on any atom is -0.507 e. The Morgan fingerprint density at radius 2 is 1.15 bits per heavy atom. The van der Waals surface area contributed by atoms with Crippen molar-refractivity contribution in [1.82, 2.24) is 14.5 Å². The lowest BCUT2D eigenvalue weighted by Crippen LogP contribution is -2.18. The van der Waals surface area contributed by atoms with Gasteiger partial charge in [-0.25, -0.2) is 4.98 Å². The number of hydrogen-bond acceptors (Lipinski definition) is 4. The second kappa shape index (κ2) is 15.9. The molecule has 5 heteroatoms. The molecule has 66 heavy (non-hydrogen) atoms. The number of phenols is 1. The molecule has 0 amide bonds. The van der Waals surface area contributed by atoms with Crippen LogP contribution in [0.15, 0.2) is 205 Å². The summed E-state index contributed by atoms with van der Waals surface area (Å²) < 4.78 is 8.58. The Balaban J connectivity index is 1.08. The Hall–Kier alpha value is -8.02. The van der Waals surface area contributed by atoms with Gasteiger partial charge in [-0.15, -0.1) is 0 Å². The van der Waals surface area contributed by atoms with E-state index in [0.717, 1.165) is 77.7 Å². The van der Waals surface area contributed by atoms with Crippen LogP contribution in [0.4, 0.5) is 0 Å². The monoisotopic (exact) mass is 855 g/mol. The van der Waals surface area contributed by atoms with Crippen LogP contribution in [0.1, 0.15) is 51.3 Å². The van der Waals surface area contributed by atoms with Crippen molar-refractivity contribution in [3.05, 3.63) is 217 Å². The van der Waals surface area contributed by atoms with E-state index < -0.39 is 0 Å². The number of imidazole rings is 1. The molecular weight excluding hydrogens is 807 g/mol. The topological polar surface area (TPSA) is 64.1 Å². The van der Waals surface area contributed by atoms with Gasteiger partial charge in [-0.2, -0.15) is 0 Å². The largest absolute Gasteiger partial charge is 0.507 e. The molecule has 0 aliphatic rings. The Morgan fingerprint density at radius 3 is 1.94 bits per heavy atom. The number of nitrogens with zero attached hydrogens (tertiary/aromatic N) is 3. The second-order valence-electron chi connectivity index (χ2n) is 18.8. The summed E-state index contributed by atoms with van der Waals surface area (Å²) in [5.41, 5.74) is 16.5. The smallest absolute Gasteiger partial charge is 0.149 e. The third-order valence-electron chi connectivity index (χ3n) is 13.3. The van der Waals surface area contributed by atoms with Crippen LogP contribution in [0.2, 0.25) is 0 Å². The van der Waals surface area contributed by atoms with E-state index in [2.05, 4.69) is 191 Å². The summed E-state index contributed by atoms with van der Waals surface area (Å²) in [7, 11) is 0. The summed E-state index contributed by atoms with van der Waals surface area (Å²) in [4.78, 5) is 10.5. The van der Waals surface area contributed by atoms with Crippen molar-refractivity contribution >= 4 is 33.0 Å². The normalized spacial score (nSPS) is 12.1. The van der Waals surface area contributed by atoms with Crippen LogP contribution in [0.25, 0.3) is 94.7 Å². The van der Waals surface area contributed by atoms with Crippen LogP contribution >= 0.6 is 0 Å². The molecule has 11 aromatic rings. The lowest BCUT2D eigenvalue weighted by molar-refractivity contribution is 0.477. The first-order valence-electron chi connectivity index (χ1n) is 22.6. The van der Waals surface area contributed by atoms with Gasteiger partial charge in [-0.3, -0.25) is 9.55 Å². The predicted molar refractivity (Wildman–Crippen MR) is 272 cm³/mol. The van der Waals surface area contributed by atoms with Gasteiger partial charge in [0.15, 0.2) is 0 Å². The zero-order chi connectivity index (χ0) is 45.2. The molecule has 5 nitrogen and oxygen atoms in total. The van der Waals surface area contributed by atoms with E-state index in [-0.39, 0.29) is 16.6 Å². The van der Waals surface area contributed by atoms with Gasteiger partial charge in [0.2, 0.25) is 0 Å². The summed E-state index contributed by atoms with van der Waals surface area (Å²) in [6, 6.07) is 67.6. The van der Waals surface area contributed by atoms with E-state index >= 15 is 0 Å². The molecule has 320 valence electrons. The second-order valence-corrected chi connectivity index (χ2v) is 18.8. The van der Waals surface area contributed by atoms with Gasteiger partial charge in [0.05, 0.1) is 28.0 Å². The van der Waals surface area contributed by atoms with Crippen LogP contribution < -0.4 is 0 Å². The van der Waals surface area contributed by atoms with Crippen molar-refractivity contribution in [3.8, 4) is 67.5 Å². The molecule has 0 aliphatic carbocycles. The Labute approximate surface area is 385 Å². The third kappa shape index (κ3) is 7.14. The molecule has 0 saturated carbocycles. The fourth-order valence-electron chi connectivity index (χ4n) is 9.46. The zero-order valence-electron chi connectivity index (χ0n) is 37.7. The fraction of sp³-hybridized carbons (Fsp3) is 0.115. The summed E-state index contributed by atoms with van der Waals surface area (Å²) in [5.74, 6) is 0.738. The molecule has 0 atom stereocenters. The van der Waals surface area contributed by atoms with Gasteiger partial charge in [-0.1, -0.05) is 174 Å². The van der Waals surface area contributed by atoms with Crippen molar-refractivity contribution in [2.75, 3.05) is 0 Å². The zero-order valence-corrected chi connectivity index (χ0v) is 37.7. The summed E-state index contributed by atoms with van der Waals surface area (Å²) >= 11 is 0. The van der Waals surface area contributed by atoms with Gasteiger partial charge in [0.1, 0.15) is 22.7 Å². The highest BCUT2D eigenvalue weighted by Gasteiger charge is 2.26. The molecular formula is C61H49N3O2. The molecule has 0 fully saturated rings. The highest BCUT2D eigenvalue weighted by atomic mass is 16.3. The molecule has 0 spiro atoms. The number of rotatable bonds is 8. The van der Waals surface area contributed by atoms with E-state index in [1.807, 2.05) is 48.7 Å². The van der Waals surface area contributed by atoms with Gasteiger partial charge < -0.3 is 9.52 Å². The van der Waals surface area contributed by atoms with Crippen molar-refractivity contribution in [2.45, 2.75) is 45.4 Å². The summed E-state index contributed by atoms with van der Waals surface area (Å²) in [6.07, 6.45) is 1.92. The van der Waals surface area contributed by atoms with E-state index in [9.17, 15) is 5.11 Å². The maximum absolute atomic E-state index is 12.0. The van der Waals surface area contributed by atoms with Gasteiger partial charge in [0, 0.05) is 39.1 Å². The first-order chi connectivity index (χ1) is 32.0. The van der Waals surface area contributed by atoms with Crippen molar-refractivity contribution in [1.29, 1.82) is 0 Å².